The molecule has 0 amide bonds. The summed E-state index contributed by atoms with van der Waals surface area (Å²) in [6.45, 7) is 2.81. The fourth-order valence-electron chi connectivity index (χ4n) is 1.71. The Kier molecular flexibility index (Phi) is 4.88. The van der Waals surface area contributed by atoms with Crippen molar-refractivity contribution in [2.75, 3.05) is 6.54 Å². The van der Waals surface area contributed by atoms with E-state index in [9.17, 15) is 0 Å². The third-order valence-corrected chi connectivity index (χ3v) is 3.16. The highest BCUT2D eigenvalue weighted by atomic mass is 35.5. The summed E-state index contributed by atoms with van der Waals surface area (Å²) in [7, 11) is 0. The van der Waals surface area contributed by atoms with Crippen LogP contribution < -0.4 is 5.32 Å². The van der Waals surface area contributed by atoms with Crippen LogP contribution in [-0.2, 0) is 6.54 Å². The molecule has 102 valence electrons. The second-order valence-electron chi connectivity index (χ2n) is 4.37. The van der Waals surface area contributed by atoms with Crippen LogP contribution in [-0.4, -0.2) is 17.8 Å². The first-order valence-electron chi connectivity index (χ1n) is 5.99. The van der Waals surface area contributed by atoms with E-state index < -0.39 is 0 Å². The first-order valence-corrected chi connectivity index (χ1v) is 6.75. The van der Waals surface area contributed by atoms with E-state index in [0.29, 0.717) is 28.9 Å². The molecule has 2 rings (SSSR count). The number of halogens is 2. The molecule has 5 heteroatoms. The number of nitrogens with one attached hydrogen (secondary N) is 1. The van der Waals surface area contributed by atoms with E-state index in [1.807, 2.05) is 12.1 Å². The number of rotatable bonds is 5. The molecule has 0 radical (unpaired) electrons. The van der Waals surface area contributed by atoms with Gasteiger partial charge in [0.2, 0.25) is 0 Å². The van der Waals surface area contributed by atoms with Crippen LogP contribution in [0.3, 0.4) is 0 Å². The lowest BCUT2D eigenvalue weighted by Crippen LogP contribution is -2.23. The van der Waals surface area contributed by atoms with Gasteiger partial charge in [0, 0.05) is 17.1 Å². The smallest absolute Gasteiger partial charge is 0.135 e. The van der Waals surface area contributed by atoms with Gasteiger partial charge in [0.15, 0.2) is 0 Å². The molecule has 2 N–H and O–H groups in total. The lowest BCUT2D eigenvalue weighted by Gasteiger charge is -2.05. The van der Waals surface area contributed by atoms with Crippen molar-refractivity contribution in [3.63, 3.8) is 0 Å². The normalized spacial score (nSPS) is 12.6. The van der Waals surface area contributed by atoms with Crippen molar-refractivity contribution >= 4 is 23.2 Å². The van der Waals surface area contributed by atoms with E-state index in [2.05, 4.69) is 5.32 Å². The molecule has 0 bridgehead atoms. The lowest BCUT2D eigenvalue weighted by molar-refractivity contribution is 0.190. The minimum Gasteiger partial charge on any atom is -0.460 e. The Morgan fingerprint density at radius 3 is 2.79 bits per heavy atom. The molecule has 1 aromatic carbocycles. The molecule has 0 spiro atoms. The summed E-state index contributed by atoms with van der Waals surface area (Å²) < 4.78 is 5.70. The van der Waals surface area contributed by atoms with Crippen LogP contribution >= 0.6 is 23.2 Å². The van der Waals surface area contributed by atoms with E-state index in [1.165, 1.54) is 0 Å². The van der Waals surface area contributed by atoms with Crippen LogP contribution in [0, 0.1) is 0 Å². The Morgan fingerprint density at radius 1 is 1.26 bits per heavy atom. The van der Waals surface area contributed by atoms with Crippen LogP contribution in [0.5, 0.6) is 0 Å². The van der Waals surface area contributed by atoms with E-state index in [0.717, 1.165) is 11.3 Å². The largest absolute Gasteiger partial charge is 0.460 e. The number of aliphatic hydroxyl groups excluding tert-OH is 1. The molecule has 0 aliphatic carbocycles. The average molecular weight is 300 g/mol. The lowest BCUT2D eigenvalue weighted by atomic mass is 10.2. The van der Waals surface area contributed by atoms with Crippen molar-refractivity contribution in [2.45, 2.75) is 19.6 Å². The predicted octanol–water partition coefficient (Wildman–Crippen LogP) is 3.72. The quantitative estimate of drug-likeness (QED) is 0.884. The van der Waals surface area contributed by atoms with Crippen LogP contribution in [0.4, 0.5) is 0 Å². The molecule has 0 aliphatic rings. The summed E-state index contributed by atoms with van der Waals surface area (Å²) in [4.78, 5) is 0. The Morgan fingerprint density at radius 2 is 2.05 bits per heavy atom. The van der Waals surface area contributed by atoms with Gasteiger partial charge in [0.25, 0.3) is 0 Å². The number of aliphatic hydroxyl groups is 1. The molecule has 2 aromatic rings. The zero-order valence-electron chi connectivity index (χ0n) is 10.5. The summed E-state index contributed by atoms with van der Waals surface area (Å²) in [6, 6.07) is 8.99. The van der Waals surface area contributed by atoms with Crippen molar-refractivity contribution in [3.8, 4) is 11.3 Å². The monoisotopic (exact) mass is 299 g/mol. The second-order valence-corrected chi connectivity index (χ2v) is 5.21. The summed E-state index contributed by atoms with van der Waals surface area (Å²) in [5, 5.41) is 13.5. The van der Waals surface area contributed by atoms with Crippen molar-refractivity contribution in [3.05, 3.63) is 46.1 Å². The Hall–Kier alpha value is -1.00. The molecular formula is C14H15Cl2NO2. The Balaban J connectivity index is 2.10. The minimum absolute atomic E-state index is 0.378. The molecule has 19 heavy (non-hydrogen) atoms. The van der Waals surface area contributed by atoms with Crippen LogP contribution in [0.2, 0.25) is 10.0 Å². The van der Waals surface area contributed by atoms with Gasteiger partial charge in [0.05, 0.1) is 17.7 Å². The summed E-state index contributed by atoms with van der Waals surface area (Å²) >= 11 is 12.1. The maximum Gasteiger partial charge on any atom is 0.135 e. The van der Waals surface area contributed by atoms with Gasteiger partial charge in [0.1, 0.15) is 11.5 Å². The Bertz CT molecular complexity index is 552. The highest BCUT2D eigenvalue weighted by Gasteiger charge is 2.09. The van der Waals surface area contributed by atoms with Gasteiger partial charge >= 0.3 is 0 Å². The van der Waals surface area contributed by atoms with E-state index in [1.54, 1.807) is 25.1 Å². The van der Waals surface area contributed by atoms with Crippen LogP contribution in [0.1, 0.15) is 12.7 Å². The third kappa shape index (κ3) is 3.98. The molecule has 0 aliphatic heterocycles. The number of hydrogen-bond acceptors (Lipinski definition) is 3. The van der Waals surface area contributed by atoms with E-state index in [-0.39, 0.29) is 6.10 Å². The van der Waals surface area contributed by atoms with Crippen LogP contribution in [0.15, 0.2) is 34.7 Å². The zero-order chi connectivity index (χ0) is 13.8. The number of hydrogen-bond donors (Lipinski definition) is 2. The van der Waals surface area contributed by atoms with Gasteiger partial charge in [-0.2, -0.15) is 0 Å². The highest BCUT2D eigenvalue weighted by Crippen LogP contribution is 2.31. The molecule has 1 heterocycles. The Labute approximate surface area is 122 Å². The third-order valence-electron chi connectivity index (χ3n) is 2.59. The van der Waals surface area contributed by atoms with E-state index in [4.69, 9.17) is 32.7 Å². The van der Waals surface area contributed by atoms with Gasteiger partial charge in [-0.05, 0) is 37.3 Å². The van der Waals surface area contributed by atoms with Crippen molar-refractivity contribution in [1.82, 2.24) is 5.32 Å². The topological polar surface area (TPSA) is 45.4 Å². The van der Waals surface area contributed by atoms with E-state index >= 15 is 0 Å². The SMILES string of the molecule is C[C@H](O)CNCc1ccc(-c2cc(Cl)ccc2Cl)o1. The molecule has 1 atom stereocenters. The molecule has 0 unspecified atom stereocenters. The fourth-order valence-corrected chi connectivity index (χ4v) is 2.09. The van der Waals surface area contributed by atoms with Gasteiger partial charge in [-0.15, -0.1) is 0 Å². The molecule has 0 saturated carbocycles. The van der Waals surface area contributed by atoms with Crippen molar-refractivity contribution in [1.29, 1.82) is 0 Å². The predicted molar refractivity (Wildman–Crippen MR) is 77.6 cm³/mol. The average Bonchev–Trinajstić information content (AvgIpc) is 2.80. The molecule has 1 aromatic heterocycles. The molecular weight excluding hydrogens is 285 g/mol. The summed E-state index contributed by atoms with van der Waals surface area (Å²) in [5.74, 6) is 1.47. The molecule has 0 fully saturated rings. The summed E-state index contributed by atoms with van der Waals surface area (Å²) in [5.41, 5.74) is 0.774. The summed E-state index contributed by atoms with van der Waals surface area (Å²) in [6.07, 6.45) is -0.378. The molecule has 0 saturated heterocycles. The van der Waals surface area contributed by atoms with Crippen molar-refractivity contribution in [2.24, 2.45) is 0 Å². The fraction of sp³-hybridized carbons (Fsp3) is 0.286. The van der Waals surface area contributed by atoms with Crippen LogP contribution in [0.25, 0.3) is 11.3 Å². The zero-order valence-corrected chi connectivity index (χ0v) is 12.0. The number of benzene rings is 1. The molecule has 3 nitrogen and oxygen atoms in total. The van der Waals surface area contributed by atoms with Gasteiger partial charge in [-0.1, -0.05) is 23.2 Å². The van der Waals surface area contributed by atoms with Gasteiger partial charge in [-0.25, -0.2) is 0 Å². The van der Waals surface area contributed by atoms with Crippen molar-refractivity contribution < 1.29 is 9.52 Å². The maximum absolute atomic E-state index is 9.16. The first kappa shape index (κ1) is 14.4. The second kappa shape index (κ2) is 6.44. The van der Waals surface area contributed by atoms with Gasteiger partial charge < -0.3 is 14.8 Å². The van der Waals surface area contributed by atoms with Gasteiger partial charge in [-0.3, -0.25) is 0 Å². The highest BCUT2D eigenvalue weighted by molar-refractivity contribution is 6.35. The minimum atomic E-state index is -0.378. The number of furan rings is 1. The standard InChI is InChI=1S/C14H15Cl2NO2/c1-9(18)7-17-8-11-3-5-14(19-11)12-6-10(15)2-4-13(12)16/h2-6,9,17-18H,7-8H2,1H3/t9-/m0/s1. The first-order chi connectivity index (χ1) is 9.06. The maximum atomic E-state index is 9.16.